The zero-order valence-electron chi connectivity index (χ0n) is 13.9. The topological polar surface area (TPSA) is 78.4 Å². The molecule has 126 valence electrons. The summed E-state index contributed by atoms with van der Waals surface area (Å²) < 4.78 is 0. The SMILES string of the molecule is Cc1ccc(CO)cc1NC(=O)CC(C)NC(=O)c1ccccc1. The van der Waals surface area contributed by atoms with Gasteiger partial charge in [0.15, 0.2) is 0 Å². The number of aliphatic hydroxyl groups excluding tert-OH is 1. The van der Waals surface area contributed by atoms with Crippen LogP contribution in [0.4, 0.5) is 5.69 Å². The number of aliphatic hydroxyl groups is 1. The minimum absolute atomic E-state index is 0.0767. The molecule has 1 unspecified atom stereocenters. The molecule has 0 saturated carbocycles. The predicted octanol–water partition coefficient (Wildman–Crippen LogP) is 2.63. The van der Waals surface area contributed by atoms with Gasteiger partial charge in [-0.1, -0.05) is 30.3 Å². The maximum absolute atomic E-state index is 12.2. The lowest BCUT2D eigenvalue weighted by Gasteiger charge is -2.15. The standard InChI is InChI=1S/C19H22N2O3/c1-13-8-9-15(12-22)11-17(13)21-18(23)10-14(2)20-19(24)16-6-4-3-5-7-16/h3-9,11,14,22H,10,12H2,1-2H3,(H,20,24)(H,21,23). The molecule has 0 fully saturated rings. The molecule has 0 bridgehead atoms. The lowest BCUT2D eigenvalue weighted by molar-refractivity contribution is -0.116. The van der Waals surface area contributed by atoms with Gasteiger partial charge in [-0.3, -0.25) is 9.59 Å². The third-order valence-corrected chi connectivity index (χ3v) is 3.66. The molecule has 0 aliphatic rings. The van der Waals surface area contributed by atoms with Crippen molar-refractivity contribution in [3.8, 4) is 0 Å². The highest BCUT2D eigenvalue weighted by Crippen LogP contribution is 2.17. The van der Waals surface area contributed by atoms with E-state index in [4.69, 9.17) is 0 Å². The van der Waals surface area contributed by atoms with Crippen molar-refractivity contribution >= 4 is 17.5 Å². The van der Waals surface area contributed by atoms with E-state index in [9.17, 15) is 14.7 Å². The van der Waals surface area contributed by atoms with E-state index in [0.29, 0.717) is 11.3 Å². The molecule has 0 aromatic heterocycles. The summed E-state index contributed by atoms with van der Waals surface area (Å²) in [5.41, 5.74) is 2.90. The summed E-state index contributed by atoms with van der Waals surface area (Å²) in [4.78, 5) is 24.2. The first kappa shape index (κ1) is 17.7. The maximum atomic E-state index is 12.2. The number of nitrogens with one attached hydrogen (secondary N) is 2. The second kappa shape index (κ2) is 8.26. The van der Waals surface area contributed by atoms with E-state index >= 15 is 0 Å². The van der Waals surface area contributed by atoms with Crippen LogP contribution in [-0.4, -0.2) is 23.0 Å². The van der Waals surface area contributed by atoms with Crippen LogP contribution in [0.25, 0.3) is 0 Å². The lowest BCUT2D eigenvalue weighted by Crippen LogP contribution is -2.35. The van der Waals surface area contributed by atoms with Crippen LogP contribution in [0.5, 0.6) is 0 Å². The highest BCUT2D eigenvalue weighted by Gasteiger charge is 2.14. The first-order valence-corrected chi connectivity index (χ1v) is 7.85. The molecule has 0 aliphatic heterocycles. The van der Waals surface area contributed by atoms with Gasteiger partial charge in [-0.2, -0.15) is 0 Å². The summed E-state index contributed by atoms with van der Waals surface area (Å²) in [5, 5.41) is 14.8. The van der Waals surface area contributed by atoms with Gasteiger partial charge >= 0.3 is 0 Å². The predicted molar refractivity (Wildman–Crippen MR) is 93.7 cm³/mol. The van der Waals surface area contributed by atoms with Gasteiger partial charge in [0.1, 0.15) is 0 Å². The van der Waals surface area contributed by atoms with E-state index in [1.54, 1.807) is 37.3 Å². The van der Waals surface area contributed by atoms with E-state index < -0.39 is 0 Å². The highest BCUT2D eigenvalue weighted by atomic mass is 16.3. The first-order valence-electron chi connectivity index (χ1n) is 7.85. The van der Waals surface area contributed by atoms with Crippen molar-refractivity contribution in [1.29, 1.82) is 0 Å². The van der Waals surface area contributed by atoms with Gasteiger partial charge in [0.2, 0.25) is 5.91 Å². The number of aryl methyl sites for hydroxylation is 1. The molecule has 2 rings (SSSR count). The molecular formula is C19H22N2O3. The van der Waals surface area contributed by atoms with E-state index in [1.807, 2.05) is 25.1 Å². The van der Waals surface area contributed by atoms with Crippen LogP contribution in [0.1, 0.15) is 34.8 Å². The number of amides is 2. The number of benzene rings is 2. The molecule has 2 amide bonds. The molecule has 0 heterocycles. The Bertz CT molecular complexity index is 714. The highest BCUT2D eigenvalue weighted by molar-refractivity contribution is 5.95. The number of hydrogen-bond acceptors (Lipinski definition) is 3. The molecule has 0 saturated heterocycles. The summed E-state index contributed by atoms with van der Waals surface area (Å²) in [6, 6.07) is 14.0. The lowest BCUT2D eigenvalue weighted by atomic mass is 10.1. The molecule has 0 aliphatic carbocycles. The van der Waals surface area contributed by atoms with Gasteiger partial charge in [-0.15, -0.1) is 0 Å². The Labute approximate surface area is 141 Å². The van der Waals surface area contributed by atoms with Crippen LogP contribution < -0.4 is 10.6 Å². The monoisotopic (exact) mass is 326 g/mol. The fourth-order valence-electron chi connectivity index (χ4n) is 2.33. The van der Waals surface area contributed by atoms with Crippen molar-refractivity contribution in [1.82, 2.24) is 5.32 Å². The van der Waals surface area contributed by atoms with E-state index in [1.165, 1.54) is 0 Å². The maximum Gasteiger partial charge on any atom is 0.251 e. The molecule has 2 aromatic rings. The Morgan fingerprint density at radius 1 is 1.12 bits per heavy atom. The largest absolute Gasteiger partial charge is 0.392 e. The van der Waals surface area contributed by atoms with Gasteiger partial charge in [-0.05, 0) is 43.2 Å². The second-order valence-electron chi connectivity index (χ2n) is 5.80. The van der Waals surface area contributed by atoms with Gasteiger partial charge in [-0.25, -0.2) is 0 Å². The second-order valence-corrected chi connectivity index (χ2v) is 5.80. The summed E-state index contributed by atoms with van der Waals surface area (Å²) in [6.07, 6.45) is 0.168. The molecule has 0 radical (unpaired) electrons. The number of hydrogen-bond donors (Lipinski definition) is 3. The molecule has 1 atom stereocenters. The number of carbonyl (C=O) groups is 2. The first-order chi connectivity index (χ1) is 11.5. The van der Waals surface area contributed by atoms with Gasteiger partial charge in [0.05, 0.1) is 6.61 Å². The zero-order chi connectivity index (χ0) is 17.5. The van der Waals surface area contributed by atoms with Crippen LogP contribution in [0.15, 0.2) is 48.5 Å². The number of anilines is 1. The molecule has 3 N–H and O–H groups in total. The van der Waals surface area contributed by atoms with Crippen LogP contribution in [-0.2, 0) is 11.4 Å². The molecular weight excluding hydrogens is 304 g/mol. The summed E-state index contributed by atoms with van der Waals surface area (Å²) in [5.74, 6) is -0.386. The molecule has 5 nitrogen and oxygen atoms in total. The Morgan fingerprint density at radius 2 is 1.83 bits per heavy atom. The van der Waals surface area contributed by atoms with Crippen molar-refractivity contribution in [3.63, 3.8) is 0 Å². The van der Waals surface area contributed by atoms with Crippen LogP contribution in [0.3, 0.4) is 0 Å². The van der Waals surface area contributed by atoms with Gasteiger partial charge in [0, 0.05) is 23.7 Å². The molecule has 0 spiro atoms. The third kappa shape index (κ3) is 4.93. The Kier molecular flexibility index (Phi) is 6.09. The van der Waals surface area contributed by atoms with E-state index in [2.05, 4.69) is 10.6 Å². The fourth-order valence-corrected chi connectivity index (χ4v) is 2.33. The van der Waals surface area contributed by atoms with Crippen LogP contribution in [0.2, 0.25) is 0 Å². The Morgan fingerprint density at radius 3 is 2.50 bits per heavy atom. The van der Waals surface area contributed by atoms with Crippen molar-refractivity contribution in [3.05, 3.63) is 65.2 Å². The average molecular weight is 326 g/mol. The Balaban J connectivity index is 1.91. The van der Waals surface area contributed by atoms with Gasteiger partial charge < -0.3 is 15.7 Å². The smallest absolute Gasteiger partial charge is 0.251 e. The van der Waals surface area contributed by atoms with Crippen molar-refractivity contribution in [2.24, 2.45) is 0 Å². The molecule has 24 heavy (non-hydrogen) atoms. The van der Waals surface area contributed by atoms with Crippen LogP contribution >= 0.6 is 0 Å². The average Bonchev–Trinajstić information content (AvgIpc) is 2.57. The van der Waals surface area contributed by atoms with E-state index in [0.717, 1.165) is 11.1 Å². The number of carbonyl (C=O) groups excluding carboxylic acids is 2. The Hall–Kier alpha value is -2.66. The van der Waals surface area contributed by atoms with Crippen molar-refractivity contribution < 1.29 is 14.7 Å². The summed E-state index contributed by atoms with van der Waals surface area (Å²) >= 11 is 0. The normalized spacial score (nSPS) is 11.6. The van der Waals surface area contributed by atoms with Crippen molar-refractivity contribution in [2.75, 3.05) is 5.32 Å². The summed E-state index contributed by atoms with van der Waals surface area (Å²) in [7, 11) is 0. The third-order valence-electron chi connectivity index (χ3n) is 3.66. The molecule has 5 heteroatoms. The van der Waals surface area contributed by atoms with Crippen molar-refractivity contribution in [2.45, 2.75) is 32.9 Å². The molecule has 2 aromatic carbocycles. The van der Waals surface area contributed by atoms with E-state index in [-0.39, 0.29) is 30.9 Å². The quantitative estimate of drug-likeness (QED) is 0.763. The fraction of sp³-hybridized carbons (Fsp3) is 0.263. The minimum atomic E-state index is -0.293. The van der Waals surface area contributed by atoms with Crippen LogP contribution in [0, 0.1) is 6.92 Å². The minimum Gasteiger partial charge on any atom is -0.392 e. The number of rotatable bonds is 6. The van der Waals surface area contributed by atoms with Gasteiger partial charge in [0.25, 0.3) is 5.91 Å². The zero-order valence-corrected chi connectivity index (χ0v) is 13.9. The summed E-state index contributed by atoms with van der Waals surface area (Å²) in [6.45, 7) is 3.60.